The quantitative estimate of drug-likeness (QED) is 0.744. The number of carbonyl (C=O) groups excluding carboxylic acids is 2. The van der Waals surface area contributed by atoms with Crippen molar-refractivity contribution in [3.05, 3.63) is 66.2 Å². The zero-order valence-electron chi connectivity index (χ0n) is 14.6. The molecule has 6 heteroatoms. The minimum absolute atomic E-state index is 0.179. The van der Waals surface area contributed by atoms with E-state index in [1.807, 2.05) is 30.3 Å². The first-order chi connectivity index (χ1) is 13.2. The molecule has 1 saturated heterocycles. The average Bonchev–Trinajstić information content (AvgIpc) is 3.23. The van der Waals surface area contributed by atoms with Crippen LogP contribution >= 0.6 is 0 Å². The number of ether oxygens (including phenoxy) is 1. The number of para-hydroxylation sites is 1. The van der Waals surface area contributed by atoms with Gasteiger partial charge in [-0.3, -0.25) is 9.59 Å². The van der Waals surface area contributed by atoms with Gasteiger partial charge in [0.2, 0.25) is 0 Å². The molecule has 1 atom stereocenters. The number of nitrogens with zero attached hydrogens (tertiary/aromatic N) is 1. The van der Waals surface area contributed by atoms with Gasteiger partial charge < -0.3 is 15.4 Å². The molecule has 1 unspecified atom stereocenters. The highest BCUT2D eigenvalue weighted by atomic mass is 16.5. The number of anilines is 2. The third kappa shape index (κ3) is 3.96. The fraction of sp³-hybridized carbons (Fsp3) is 0.190. The highest BCUT2D eigenvalue weighted by Crippen LogP contribution is 2.18. The minimum atomic E-state index is -0.413. The summed E-state index contributed by atoms with van der Waals surface area (Å²) in [5.41, 5.74) is 1.82. The van der Waals surface area contributed by atoms with Gasteiger partial charge in [-0.2, -0.15) is 0 Å². The second-order valence-electron chi connectivity index (χ2n) is 6.42. The van der Waals surface area contributed by atoms with E-state index < -0.39 is 6.10 Å². The number of hydrogen-bond donors (Lipinski definition) is 2. The van der Waals surface area contributed by atoms with Crippen LogP contribution in [0.25, 0.3) is 10.9 Å². The van der Waals surface area contributed by atoms with Crippen LogP contribution in [-0.2, 0) is 9.53 Å². The summed E-state index contributed by atoms with van der Waals surface area (Å²) in [5.74, 6) is 0.0137. The molecule has 6 nitrogen and oxygen atoms in total. The number of nitrogens with one attached hydrogen (secondary N) is 2. The maximum atomic E-state index is 12.6. The Balaban J connectivity index is 1.47. The fourth-order valence-corrected chi connectivity index (χ4v) is 3.07. The lowest BCUT2D eigenvalue weighted by Gasteiger charge is -2.11. The molecular formula is C21H19N3O3. The van der Waals surface area contributed by atoms with Crippen molar-refractivity contribution in [2.24, 2.45) is 0 Å². The van der Waals surface area contributed by atoms with Gasteiger partial charge in [0, 0.05) is 23.2 Å². The number of amides is 2. The van der Waals surface area contributed by atoms with Crippen LogP contribution in [-0.4, -0.2) is 29.5 Å². The first-order valence-electron chi connectivity index (χ1n) is 8.89. The Morgan fingerprint density at radius 3 is 2.74 bits per heavy atom. The molecule has 1 fully saturated rings. The van der Waals surface area contributed by atoms with Gasteiger partial charge in [-0.1, -0.05) is 24.3 Å². The van der Waals surface area contributed by atoms with Crippen LogP contribution in [0.15, 0.2) is 60.7 Å². The van der Waals surface area contributed by atoms with Crippen molar-refractivity contribution in [3.63, 3.8) is 0 Å². The van der Waals surface area contributed by atoms with Crippen LogP contribution < -0.4 is 10.6 Å². The Labute approximate surface area is 156 Å². The SMILES string of the molecule is O=C(Nc1ccc2ccccc2n1)c1cccc(NC(=O)C2CCCO2)c1. The highest BCUT2D eigenvalue weighted by molar-refractivity contribution is 6.05. The van der Waals surface area contributed by atoms with Crippen molar-refractivity contribution in [3.8, 4) is 0 Å². The summed E-state index contributed by atoms with van der Waals surface area (Å²) in [6.07, 6.45) is 1.20. The predicted octanol–water partition coefficient (Wildman–Crippen LogP) is 3.60. The van der Waals surface area contributed by atoms with Gasteiger partial charge in [-0.25, -0.2) is 4.98 Å². The maximum absolute atomic E-state index is 12.6. The lowest BCUT2D eigenvalue weighted by Crippen LogP contribution is -2.27. The topological polar surface area (TPSA) is 80.3 Å². The van der Waals surface area contributed by atoms with Crippen molar-refractivity contribution in [1.82, 2.24) is 4.98 Å². The van der Waals surface area contributed by atoms with Crippen LogP contribution in [0.1, 0.15) is 23.2 Å². The first kappa shape index (κ1) is 17.2. The maximum Gasteiger partial charge on any atom is 0.256 e. The molecular weight excluding hydrogens is 342 g/mol. The number of benzene rings is 2. The lowest BCUT2D eigenvalue weighted by molar-refractivity contribution is -0.124. The van der Waals surface area contributed by atoms with Gasteiger partial charge in [-0.05, 0) is 49.2 Å². The molecule has 2 amide bonds. The summed E-state index contributed by atoms with van der Waals surface area (Å²) >= 11 is 0. The van der Waals surface area contributed by atoms with Crippen LogP contribution in [0, 0.1) is 0 Å². The van der Waals surface area contributed by atoms with Crippen LogP contribution in [0.5, 0.6) is 0 Å². The number of rotatable bonds is 4. The molecule has 4 rings (SSSR count). The number of fused-ring (bicyclic) bond motifs is 1. The van der Waals surface area contributed by atoms with E-state index in [0.717, 1.165) is 23.7 Å². The zero-order valence-corrected chi connectivity index (χ0v) is 14.6. The molecule has 0 bridgehead atoms. The molecule has 2 heterocycles. The molecule has 3 aromatic rings. The summed E-state index contributed by atoms with van der Waals surface area (Å²) in [6, 6.07) is 18.2. The molecule has 0 spiro atoms. The Morgan fingerprint density at radius 1 is 1.00 bits per heavy atom. The van der Waals surface area contributed by atoms with Crippen molar-refractivity contribution in [2.75, 3.05) is 17.2 Å². The third-order valence-electron chi connectivity index (χ3n) is 4.45. The second kappa shape index (κ2) is 7.55. The van der Waals surface area contributed by atoms with Crippen molar-refractivity contribution in [1.29, 1.82) is 0 Å². The van der Waals surface area contributed by atoms with E-state index >= 15 is 0 Å². The third-order valence-corrected chi connectivity index (χ3v) is 4.45. The van der Waals surface area contributed by atoms with Crippen molar-refractivity contribution >= 4 is 34.2 Å². The molecule has 27 heavy (non-hydrogen) atoms. The first-order valence-corrected chi connectivity index (χ1v) is 8.89. The smallest absolute Gasteiger partial charge is 0.256 e. The average molecular weight is 361 g/mol. The normalized spacial score (nSPS) is 16.2. The van der Waals surface area contributed by atoms with Crippen molar-refractivity contribution < 1.29 is 14.3 Å². The van der Waals surface area contributed by atoms with Crippen molar-refractivity contribution in [2.45, 2.75) is 18.9 Å². The van der Waals surface area contributed by atoms with Crippen LogP contribution in [0.3, 0.4) is 0 Å². The number of carbonyl (C=O) groups is 2. The summed E-state index contributed by atoms with van der Waals surface area (Å²) in [5, 5.41) is 6.61. The van der Waals surface area contributed by atoms with E-state index in [2.05, 4.69) is 15.6 Å². The number of pyridine rings is 1. The van der Waals surface area contributed by atoms with Gasteiger partial charge in [0.15, 0.2) is 0 Å². The van der Waals surface area contributed by atoms with E-state index in [4.69, 9.17) is 4.74 Å². The van der Waals surface area contributed by atoms with Gasteiger partial charge in [-0.15, -0.1) is 0 Å². The largest absolute Gasteiger partial charge is 0.368 e. The lowest BCUT2D eigenvalue weighted by atomic mass is 10.1. The van der Waals surface area contributed by atoms with Gasteiger partial charge in [0.25, 0.3) is 11.8 Å². The Kier molecular flexibility index (Phi) is 4.80. The molecule has 136 valence electrons. The van der Waals surface area contributed by atoms with E-state index in [1.165, 1.54) is 0 Å². The second-order valence-corrected chi connectivity index (χ2v) is 6.42. The van der Waals surface area contributed by atoms with E-state index in [-0.39, 0.29) is 11.8 Å². The van der Waals surface area contributed by atoms with Gasteiger partial charge in [0.05, 0.1) is 5.52 Å². The molecule has 0 radical (unpaired) electrons. The molecule has 1 aromatic heterocycles. The fourth-order valence-electron chi connectivity index (χ4n) is 3.07. The minimum Gasteiger partial charge on any atom is -0.368 e. The van der Waals surface area contributed by atoms with Gasteiger partial charge in [0.1, 0.15) is 11.9 Å². The molecule has 2 aromatic carbocycles. The molecule has 0 saturated carbocycles. The van der Waals surface area contributed by atoms with E-state index in [0.29, 0.717) is 23.7 Å². The van der Waals surface area contributed by atoms with E-state index in [1.54, 1.807) is 30.3 Å². The molecule has 0 aliphatic carbocycles. The number of hydrogen-bond acceptors (Lipinski definition) is 4. The molecule has 2 N–H and O–H groups in total. The summed E-state index contributed by atoms with van der Waals surface area (Å²) < 4.78 is 5.38. The summed E-state index contributed by atoms with van der Waals surface area (Å²) in [4.78, 5) is 29.2. The molecule has 1 aliphatic rings. The van der Waals surface area contributed by atoms with Crippen LogP contribution in [0.4, 0.5) is 11.5 Å². The Bertz CT molecular complexity index is 997. The van der Waals surface area contributed by atoms with E-state index in [9.17, 15) is 9.59 Å². The predicted molar refractivity (Wildman–Crippen MR) is 104 cm³/mol. The summed E-state index contributed by atoms with van der Waals surface area (Å²) in [6.45, 7) is 0.610. The molecule has 1 aliphatic heterocycles. The standard InChI is InChI=1S/C21H19N3O3/c25-20(24-19-11-10-14-5-1-2-8-17(14)23-19)15-6-3-7-16(13-15)22-21(26)18-9-4-12-27-18/h1-3,5-8,10-11,13,18H,4,9,12H2,(H,22,26)(H,23,24,25). The Hall–Kier alpha value is -3.25. The summed E-state index contributed by atoms with van der Waals surface area (Å²) in [7, 11) is 0. The zero-order chi connectivity index (χ0) is 18.6. The van der Waals surface area contributed by atoms with Gasteiger partial charge >= 0.3 is 0 Å². The number of aromatic nitrogens is 1. The monoisotopic (exact) mass is 361 g/mol. The van der Waals surface area contributed by atoms with Crippen LogP contribution in [0.2, 0.25) is 0 Å². The highest BCUT2D eigenvalue weighted by Gasteiger charge is 2.23. The Morgan fingerprint density at radius 2 is 1.89 bits per heavy atom.